The third kappa shape index (κ3) is 2.23. The van der Waals surface area contributed by atoms with Crippen molar-refractivity contribution >= 4 is 0 Å². The summed E-state index contributed by atoms with van der Waals surface area (Å²) in [5, 5.41) is 8.87. The fourth-order valence-corrected chi connectivity index (χ4v) is 1.63. The van der Waals surface area contributed by atoms with E-state index in [2.05, 4.69) is 18.7 Å². The van der Waals surface area contributed by atoms with Gasteiger partial charge in [0, 0.05) is 0 Å². The smallest absolute Gasteiger partial charge is 0.0707 e. The van der Waals surface area contributed by atoms with Gasteiger partial charge in [0.1, 0.15) is 0 Å². The predicted octanol–water partition coefficient (Wildman–Crippen LogP) is 3.20. The van der Waals surface area contributed by atoms with E-state index in [1.807, 2.05) is 6.08 Å². The van der Waals surface area contributed by atoms with Crippen molar-refractivity contribution in [3.8, 4) is 6.07 Å². The topological polar surface area (TPSA) is 23.8 Å². The van der Waals surface area contributed by atoms with Crippen molar-refractivity contribution in [2.45, 2.75) is 32.1 Å². The average Bonchev–Trinajstić information content (AvgIpc) is 2.15. The molecule has 0 radical (unpaired) electrons. The lowest BCUT2D eigenvalue weighted by molar-refractivity contribution is 0.632. The van der Waals surface area contributed by atoms with Crippen LogP contribution in [0.2, 0.25) is 0 Å². The van der Waals surface area contributed by atoms with Crippen LogP contribution in [0.1, 0.15) is 32.1 Å². The fraction of sp³-hybridized carbons (Fsp3) is 0.545. The van der Waals surface area contributed by atoms with E-state index in [4.69, 9.17) is 5.26 Å². The number of allylic oxidation sites excluding steroid dienone is 3. The minimum absolute atomic E-state index is 0.0998. The summed E-state index contributed by atoms with van der Waals surface area (Å²) in [6, 6.07) is 2.33. The van der Waals surface area contributed by atoms with Gasteiger partial charge in [-0.2, -0.15) is 5.26 Å². The maximum atomic E-state index is 8.87. The van der Waals surface area contributed by atoms with Crippen LogP contribution >= 0.6 is 0 Å². The van der Waals surface area contributed by atoms with E-state index in [-0.39, 0.29) is 5.92 Å². The van der Waals surface area contributed by atoms with Crippen molar-refractivity contribution in [3.05, 3.63) is 24.3 Å². The van der Waals surface area contributed by atoms with Crippen LogP contribution in [0.5, 0.6) is 0 Å². The second-order valence-corrected chi connectivity index (χ2v) is 3.23. The maximum absolute atomic E-state index is 8.87. The van der Waals surface area contributed by atoms with Gasteiger partial charge in [-0.25, -0.2) is 0 Å². The third-order valence-electron chi connectivity index (χ3n) is 2.33. The molecule has 0 fully saturated rings. The molecule has 1 atom stereocenters. The van der Waals surface area contributed by atoms with Gasteiger partial charge in [0.25, 0.3) is 0 Å². The summed E-state index contributed by atoms with van der Waals surface area (Å²) >= 11 is 0. The van der Waals surface area contributed by atoms with Gasteiger partial charge in [0.05, 0.1) is 12.0 Å². The molecule has 0 heterocycles. The number of hydrogen-bond acceptors (Lipinski definition) is 1. The normalized spacial score (nSPS) is 19.1. The largest absolute Gasteiger partial charge is 0.198 e. The standard InChI is InChI=1S/C11H15N/c1-2-6-11(9-12)10-7-4-3-5-8-10/h2,7,11H,1,3-6,8H2. The monoisotopic (exact) mass is 161 g/mol. The van der Waals surface area contributed by atoms with Crippen molar-refractivity contribution in [2.75, 3.05) is 0 Å². The quantitative estimate of drug-likeness (QED) is 0.583. The molecule has 1 aliphatic rings. The van der Waals surface area contributed by atoms with Gasteiger partial charge < -0.3 is 0 Å². The molecule has 0 aromatic rings. The summed E-state index contributed by atoms with van der Waals surface area (Å²) in [6.45, 7) is 3.66. The van der Waals surface area contributed by atoms with Gasteiger partial charge in [0.15, 0.2) is 0 Å². The molecule has 0 aromatic carbocycles. The molecule has 1 heteroatoms. The number of rotatable bonds is 3. The number of nitrogens with zero attached hydrogens (tertiary/aromatic N) is 1. The number of nitriles is 1. The molecule has 1 unspecified atom stereocenters. The van der Waals surface area contributed by atoms with Crippen molar-refractivity contribution in [2.24, 2.45) is 5.92 Å². The molecule has 1 aliphatic carbocycles. The first-order chi connectivity index (χ1) is 5.88. The molecule has 0 bridgehead atoms. The Morgan fingerprint density at radius 3 is 3.00 bits per heavy atom. The van der Waals surface area contributed by atoms with Crippen LogP contribution in [0.15, 0.2) is 24.3 Å². The van der Waals surface area contributed by atoms with Crippen molar-refractivity contribution < 1.29 is 0 Å². The molecule has 0 amide bonds. The van der Waals surface area contributed by atoms with E-state index in [0.717, 1.165) is 19.3 Å². The first kappa shape index (κ1) is 9.06. The average molecular weight is 161 g/mol. The zero-order valence-corrected chi connectivity index (χ0v) is 7.42. The first-order valence-electron chi connectivity index (χ1n) is 4.58. The third-order valence-corrected chi connectivity index (χ3v) is 2.33. The minimum Gasteiger partial charge on any atom is -0.198 e. The van der Waals surface area contributed by atoms with Gasteiger partial charge in [-0.05, 0) is 32.1 Å². The van der Waals surface area contributed by atoms with Gasteiger partial charge in [0.2, 0.25) is 0 Å². The van der Waals surface area contributed by atoms with Crippen LogP contribution in [-0.2, 0) is 0 Å². The second-order valence-electron chi connectivity index (χ2n) is 3.23. The molecule has 12 heavy (non-hydrogen) atoms. The molecular formula is C11H15N. The van der Waals surface area contributed by atoms with Gasteiger partial charge in [-0.3, -0.25) is 0 Å². The van der Waals surface area contributed by atoms with Crippen molar-refractivity contribution in [1.82, 2.24) is 0 Å². The Hall–Kier alpha value is -1.03. The lowest BCUT2D eigenvalue weighted by Gasteiger charge is -2.15. The van der Waals surface area contributed by atoms with Crippen LogP contribution in [-0.4, -0.2) is 0 Å². The molecule has 0 spiro atoms. The highest BCUT2D eigenvalue weighted by molar-refractivity contribution is 5.17. The van der Waals surface area contributed by atoms with Crippen molar-refractivity contribution in [3.63, 3.8) is 0 Å². The summed E-state index contributed by atoms with van der Waals surface area (Å²) in [5.41, 5.74) is 1.34. The molecule has 0 aromatic heterocycles. The Morgan fingerprint density at radius 2 is 2.50 bits per heavy atom. The SMILES string of the molecule is C=CCC(C#N)C1=CCCCC1. The summed E-state index contributed by atoms with van der Waals surface area (Å²) in [4.78, 5) is 0. The van der Waals surface area contributed by atoms with Crippen LogP contribution in [0.3, 0.4) is 0 Å². The lowest BCUT2D eigenvalue weighted by Crippen LogP contribution is -2.03. The predicted molar refractivity (Wildman–Crippen MR) is 50.5 cm³/mol. The fourth-order valence-electron chi connectivity index (χ4n) is 1.63. The van der Waals surface area contributed by atoms with Gasteiger partial charge in [-0.1, -0.05) is 17.7 Å². The number of hydrogen-bond donors (Lipinski definition) is 0. The van der Waals surface area contributed by atoms with Gasteiger partial charge >= 0.3 is 0 Å². The summed E-state index contributed by atoms with van der Waals surface area (Å²) in [7, 11) is 0. The summed E-state index contributed by atoms with van der Waals surface area (Å²) in [5.74, 6) is 0.0998. The van der Waals surface area contributed by atoms with Crippen molar-refractivity contribution in [1.29, 1.82) is 5.26 Å². The Balaban J connectivity index is 2.58. The zero-order valence-electron chi connectivity index (χ0n) is 7.42. The summed E-state index contributed by atoms with van der Waals surface area (Å²) in [6.07, 6.45) is 9.69. The van der Waals surface area contributed by atoms with E-state index in [1.54, 1.807) is 0 Å². The molecular weight excluding hydrogens is 146 g/mol. The minimum atomic E-state index is 0.0998. The van der Waals surface area contributed by atoms with Gasteiger partial charge in [-0.15, -0.1) is 6.58 Å². The lowest BCUT2D eigenvalue weighted by atomic mass is 9.88. The first-order valence-corrected chi connectivity index (χ1v) is 4.58. The van der Waals surface area contributed by atoms with E-state index >= 15 is 0 Å². The maximum Gasteiger partial charge on any atom is 0.0707 e. The Kier molecular flexibility index (Phi) is 3.60. The highest BCUT2D eigenvalue weighted by atomic mass is 14.3. The Morgan fingerprint density at radius 1 is 1.67 bits per heavy atom. The van der Waals surface area contributed by atoms with E-state index in [0.29, 0.717) is 0 Å². The highest BCUT2D eigenvalue weighted by Gasteiger charge is 2.13. The van der Waals surface area contributed by atoms with Crippen LogP contribution < -0.4 is 0 Å². The molecule has 0 N–H and O–H groups in total. The Labute approximate surface area is 74.4 Å². The molecule has 0 saturated carbocycles. The zero-order chi connectivity index (χ0) is 8.81. The van der Waals surface area contributed by atoms with Crippen LogP contribution in [0.25, 0.3) is 0 Å². The second kappa shape index (κ2) is 4.77. The molecule has 0 aliphatic heterocycles. The molecule has 1 rings (SSSR count). The highest BCUT2D eigenvalue weighted by Crippen LogP contribution is 2.25. The van der Waals surface area contributed by atoms with Crippen LogP contribution in [0, 0.1) is 17.2 Å². The van der Waals surface area contributed by atoms with E-state index in [9.17, 15) is 0 Å². The summed E-state index contributed by atoms with van der Waals surface area (Å²) < 4.78 is 0. The molecule has 0 saturated heterocycles. The Bertz CT molecular complexity index is 220. The molecule has 1 nitrogen and oxygen atoms in total. The van der Waals surface area contributed by atoms with Crippen LogP contribution in [0.4, 0.5) is 0 Å². The molecule has 64 valence electrons. The van der Waals surface area contributed by atoms with E-state index < -0.39 is 0 Å². The van der Waals surface area contributed by atoms with E-state index in [1.165, 1.54) is 18.4 Å².